The van der Waals surface area contributed by atoms with E-state index in [2.05, 4.69) is 0 Å². The summed E-state index contributed by atoms with van der Waals surface area (Å²) in [5, 5.41) is 8.41. The van der Waals surface area contributed by atoms with Crippen LogP contribution in [0.15, 0.2) is 0 Å². The topological polar surface area (TPSA) is 79.4 Å². The summed E-state index contributed by atoms with van der Waals surface area (Å²) in [6.45, 7) is 0.925. The van der Waals surface area contributed by atoms with Crippen molar-refractivity contribution in [1.82, 2.24) is 4.90 Å². The molecular weight excluding hydrogens is 194 g/mol. The van der Waals surface area contributed by atoms with Crippen molar-refractivity contribution in [3.8, 4) is 6.07 Å². The number of carbonyl (C=O) groups excluding carboxylic acids is 1. The second-order valence-corrected chi connectivity index (χ2v) is 3.73. The maximum absolute atomic E-state index is 11.8. The quantitative estimate of drug-likeness (QED) is 0.702. The number of carbonyl (C=O) groups is 1. The molecule has 2 atom stereocenters. The van der Waals surface area contributed by atoms with Gasteiger partial charge < -0.3 is 15.4 Å². The largest absolute Gasteiger partial charge is 0.364 e. The fourth-order valence-corrected chi connectivity index (χ4v) is 1.63. The number of likely N-dealkylation sites (N-methyl/N-ethyl adjacent to an activating group) is 1. The third kappa shape index (κ3) is 3.18. The molecule has 5 nitrogen and oxygen atoms in total. The van der Waals surface area contributed by atoms with E-state index in [-0.39, 0.29) is 18.1 Å². The summed E-state index contributed by atoms with van der Waals surface area (Å²) in [5.74, 6) is -0.0406. The predicted molar refractivity (Wildman–Crippen MR) is 54.8 cm³/mol. The molecule has 2 unspecified atom stereocenters. The summed E-state index contributed by atoms with van der Waals surface area (Å²) in [7, 11) is 1.69. The molecule has 0 aromatic rings. The van der Waals surface area contributed by atoms with Crippen LogP contribution in [0.4, 0.5) is 0 Å². The fraction of sp³-hybridized carbons (Fsp3) is 0.800. The van der Waals surface area contributed by atoms with Gasteiger partial charge in [0.2, 0.25) is 0 Å². The third-order valence-corrected chi connectivity index (χ3v) is 2.58. The molecule has 0 bridgehead atoms. The Morgan fingerprint density at radius 1 is 1.67 bits per heavy atom. The molecule has 5 heteroatoms. The van der Waals surface area contributed by atoms with Crippen LogP contribution in [0, 0.1) is 11.3 Å². The minimum absolute atomic E-state index is 0.0170. The number of rotatable bonds is 4. The molecule has 1 amide bonds. The Labute approximate surface area is 89.8 Å². The standard InChI is InChI=1S/C10H17N3O2/c1-13(6-2-5-11)10(14)9-4-3-8(7-12)15-9/h8-9H,2-4,6-7,12H2,1H3. The number of nitrogens with two attached hydrogens (primary N) is 1. The number of hydrogen-bond donors (Lipinski definition) is 1. The monoisotopic (exact) mass is 211 g/mol. The van der Waals surface area contributed by atoms with E-state index in [0.29, 0.717) is 19.5 Å². The van der Waals surface area contributed by atoms with Gasteiger partial charge in [-0.3, -0.25) is 4.79 Å². The number of hydrogen-bond acceptors (Lipinski definition) is 4. The van der Waals surface area contributed by atoms with Gasteiger partial charge in [0.25, 0.3) is 5.91 Å². The van der Waals surface area contributed by atoms with Gasteiger partial charge in [0, 0.05) is 20.1 Å². The first-order valence-electron chi connectivity index (χ1n) is 5.16. The zero-order chi connectivity index (χ0) is 11.3. The molecule has 1 aliphatic rings. The van der Waals surface area contributed by atoms with Crippen molar-refractivity contribution < 1.29 is 9.53 Å². The van der Waals surface area contributed by atoms with Crippen LogP contribution in [0.25, 0.3) is 0 Å². The van der Waals surface area contributed by atoms with Crippen LogP contribution in [-0.2, 0) is 9.53 Å². The average molecular weight is 211 g/mol. The summed E-state index contributed by atoms with van der Waals surface area (Å²) in [4.78, 5) is 13.3. The number of amides is 1. The minimum Gasteiger partial charge on any atom is -0.364 e. The first-order valence-corrected chi connectivity index (χ1v) is 5.16. The maximum atomic E-state index is 11.8. The fourth-order valence-electron chi connectivity index (χ4n) is 1.63. The Morgan fingerprint density at radius 3 is 2.93 bits per heavy atom. The maximum Gasteiger partial charge on any atom is 0.251 e. The molecular formula is C10H17N3O2. The first kappa shape index (κ1) is 12.0. The van der Waals surface area contributed by atoms with Gasteiger partial charge in [-0.1, -0.05) is 0 Å². The smallest absolute Gasteiger partial charge is 0.251 e. The van der Waals surface area contributed by atoms with Crippen LogP contribution >= 0.6 is 0 Å². The molecule has 1 heterocycles. The first-order chi connectivity index (χ1) is 7.19. The Kier molecular flexibility index (Phi) is 4.53. The summed E-state index contributed by atoms with van der Waals surface area (Å²) < 4.78 is 5.47. The molecule has 1 fully saturated rings. The van der Waals surface area contributed by atoms with Gasteiger partial charge in [-0.15, -0.1) is 0 Å². The van der Waals surface area contributed by atoms with Gasteiger partial charge in [-0.25, -0.2) is 0 Å². The number of ether oxygens (including phenoxy) is 1. The van der Waals surface area contributed by atoms with Crippen molar-refractivity contribution in [3.05, 3.63) is 0 Å². The van der Waals surface area contributed by atoms with E-state index < -0.39 is 0 Å². The molecule has 1 saturated heterocycles. The van der Waals surface area contributed by atoms with Gasteiger partial charge in [0.05, 0.1) is 18.6 Å². The summed E-state index contributed by atoms with van der Waals surface area (Å²) >= 11 is 0. The van der Waals surface area contributed by atoms with Crippen molar-refractivity contribution in [2.75, 3.05) is 20.1 Å². The highest BCUT2D eigenvalue weighted by molar-refractivity contribution is 5.80. The normalized spacial score (nSPS) is 24.9. The summed E-state index contributed by atoms with van der Waals surface area (Å²) in [6.07, 6.45) is 1.59. The number of nitriles is 1. The van der Waals surface area contributed by atoms with Gasteiger partial charge in [0.15, 0.2) is 0 Å². The molecule has 0 aromatic carbocycles. The van der Waals surface area contributed by atoms with E-state index >= 15 is 0 Å². The second-order valence-electron chi connectivity index (χ2n) is 3.73. The molecule has 1 rings (SSSR count). The highest BCUT2D eigenvalue weighted by Crippen LogP contribution is 2.20. The van der Waals surface area contributed by atoms with Gasteiger partial charge >= 0.3 is 0 Å². The van der Waals surface area contributed by atoms with Crippen LogP contribution in [0.1, 0.15) is 19.3 Å². The van der Waals surface area contributed by atoms with Crippen LogP contribution in [0.2, 0.25) is 0 Å². The van der Waals surface area contributed by atoms with Crippen LogP contribution in [0.5, 0.6) is 0 Å². The van der Waals surface area contributed by atoms with Crippen molar-refractivity contribution in [3.63, 3.8) is 0 Å². The second kappa shape index (κ2) is 5.69. The predicted octanol–water partition coefficient (Wildman–Crippen LogP) is -0.135. The summed E-state index contributed by atoms with van der Waals surface area (Å²) in [5.41, 5.74) is 5.46. The Balaban J connectivity index is 2.37. The van der Waals surface area contributed by atoms with Gasteiger partial charge in [-0.05, 0) is 12.8 Å². The van der Waals surface area contributed by atoms with Crippen molar-refractivity contribution in [1.29, 1.82) is 5.26 Å². The SMILES string of the molecule is CN(CCC#N)C(=O)C1CCC(CN)O1. The molecule has 0 radical (unpaired) electrons. The lowest BCUT2D eigenvalue weighted by Crippen LogP contribution is -2.37. The van der Waals surface area contributed by atoms with E-state index in [1.165, 1.54) is 0 Å². The zero-order valence-electron chi connectivity index (χ0n) is 8.98. The Bertz CT molecular complexity index is 262. The van der Waals surface area contributed by atoms with Crippen molar-refractivity contribution in [2.24, 2.45) is 5.73 Å². The molecule has 0 aromatic heterocycles. The molecule has 84 valence electrons. The van der Waals surface area contributed by atoms with Crippen LogP contribution in [-0.4, -0.2) is 43.2 Å². The van der Waals surface area contributed by atoms with Crippen LogP contribution in [0.3, 0.4) is 0 Å². The minimum atomic E-state index is -0.359. The Morgan fingerprint density at radius 2 is 2.40 bits per heavy atom. The molecule has 0 spiro atoms. The molecule has 0 aliphatic carbocycles. The van der Waals surface area contributed by atoms with Gasteiger partial charge in [0.1, 0.15) is 6.10 Å². The van der Waals surface area contributed by atoms with E-state index in [4.69, 9.17) is 15.7 Å². The van der Waals surface area contributed by atoms with E-state index in [1.807, 2.05) is 6.07 Å². The average Bonchev–Trinajstić information content (AvgIpc) is 2.73. The molecule has 0 saturated carbocycles. The van der Waals surface area contributed by atoms with E-state index in [1.54, 1.807) is 11.9 Å². The van der Waals surface area contributed by atoms with Crippen molar-refractivity contribution >= 4 is 5.91 Å². The summed E-state index contributed by atoms with van der Waals surface area (Å²) in [6, 6.07) is 2.01. The van der Waals surface area contributed by atoms with E-state index in [9.17, 15) is 4.79 Å². The molecule has 15 heavy (non-hydrogen) atoms. The lowest BCUT2D eigenvalue weighted by Gasteiger charge is -2.20. The highest BCUT2D eigenvalue weighted by Gasteiger charge is 2.31. The van der Waals surface area contributed by atoms with Crippen LogP contribution < -0.4 is 5.73 Å². The highest BCUT2D eigenvalue weighted by atomic mass is 16.5. The lowest BCUT2D eigenvalue weighted by molar-refractivity contribution is -0.141. The lowest BCUT2D eigenvalue weighted by atomic mass is 10.2. The number of nitrogens with zero attached hydrogens (tertiary/aromatic N) is 2. The zero-order valence-corrected chi connectivity index (χ0v) is 8.98. The van der Waals surface area contributed by atoms with Gasteiger partial charge in [-0.2, -0.15) is 5.26 Å². The molecule has 2 N–H and O–H groups in total. The molecule has 1 aliphatic heterocycles. The third-order valence-electron chi connectivity index (χ3n) is 2.58. The van der Waals surface area contributed by atoms with Crippen molar-refractivity contribution in [2.45, 2.75) is 31.5 Å². The Hall–Kier alpha value is -1.12. The van der Waals surface area contributed by atoms with E-state index in [0.717, 1.165) is 12.8 Å².